The molecule has 0 aliphatic carbocycles. The second-order valence-electron chi connectivity index (χ2n) is 6.26. The monoisotopic (exact) mass is 344 g/mol. The maximum absolute atomic E-state index is 12.1. The fraction of sp³-hybridized carbons (Fsp3) is 0.444. The van der Waals surface area contributed by atoms with Gasteiger partial charge in [-0.05, 0) is 25.8 Å². The van der Waals surface area contributed by atoms with Crippen LogP contribution >= 0.6 is 11.3 Å². The summed E-state index contributed by atoms with van der Waals surface area (Å²) in [4.78, 5) is 19.9. The van der Waals surface area contributed by atoms with E-state index in [1.807, 2.05) is 19.2 Å². The Kier molecular flexibility index (Phi) is 5.48. The minimum atomic E-state index is -0.109. The summed E-state index contributed by atoms with van der Waals surface area (Å²) in [7, 11) is 0. The Labute approximate surface area is 147 Å². The van der Waals surface area contributed by atoms with Gasteiger partial charge in [-0.2, -0.15) is 0 Å². The van der Waals surface area contributed by atoms with Gasteiger partial charge >= 0.3 is 6.03 Å². The Hall–Kier alpha value is -1.92. The maximum Gasteiger partial charge on any atom is 0.315 e. The molecule has 5 nitrogen and oxygen atoms in total. The minimum absolute atomic E-state index is 0.109. The van der Waals surface area contributed by atoms with Gasteiger partial charge in [0.25, 0.3) is 0 Å². The van der Waals surface area contributed by atoms with Gasteiger partial charge in [-0.15, -0.1) is 11.3 Å². The highest BCUT2D eigenvalue weighted by molar-refractivity contribution is 7.11. The van der Waals surface area contributed by atoms with E-state index in [9.17, 15) is 4.79 Å². The van der Waals surface area contributed by atoms with Gasteiger partial charge in [-0.25, -0.2) is 9.78 Å². The van der Waals surface area contributed by atoms with Crippen LogP contribution in [0.5, 0.6) is 0 Å². The molecule has 1 fully saturated rings. The molecule has 2 N–H and O–H groups in total. The van der Waals surface area contributed by atoms with Gasteiger partial charge in [0.05, 0.1) is 6.54 Å². The Morgan fingerprint density at radius 1 is 1.42 bits per heavy atom. The third-order valence-corrected chi connectivity index (χ3v) is 5.37. The quantitative estimate of drug-likeness (QED) is 0.876. The Bertz CT molecular complexity index is 673. The van der Waals surface area contributed by atoms with Gasteiger partial charge in [0, 0.05) is 36.2 Å². The fourth-order valence-electron chi connectivity index (χ4n) is 3.07. The van der Waals surface area contributed by atoms with E-state index in [0.717, 1.165) is 29.4 Å². The van der Waals surface area contributed by atoms with E-state index in [4.69, 9.17) is 0 Å². The van der Waals surface area contributed by atoms with Crippen molar-refractivity contribution in [1.82, 2.24) is 20.5 Å². The molecule has 1 saturated heterocycles. The fourth-order valence-corrected chi connectivity index (χ4v) is 3.80. The molecule has 3 rings (SSSR count). The summed E-state index contributed by atoms with van der Waals surface area (Å²) in [6.07, 6.45) is 2.82. The average molecular weight is 344 g/mol. The SMILES string of the molecule is Cc1cnc(CNC(=O)N[C@@H]2CCN([C@@H](C)c3ccccc3)C2)s1. The van der Waals surface area contributed by atoms with Crippen LogP contribution in [0.1, 0.15) is 34.8 Å². The molecule has 2 atom stereocenters. The highest BCUT2D eigenvalue weighted by Gasteiger charge is 2.27. The smallest absolute Gasteiger partial charge is 0.315 e. The lowest BCUT2D eigenvalue weighted by molar-refractivity contribution is 0.231. The number of carbonyl (C=O) groups is 1. The van der Waals surface area contributed by atoms with Crippen molar-refractivity contribution in [3.63, 3.8) is 0 Å². The zero-order valence-corrected chi connectivity index (χ0v) is 15.0. The molecule has 2 amide bonds. The molecule has 6 heteroatoms. The van der Waals surface area contributed by atoms with Gasteiger partial charge in [0.2, 0.25) is 0 Å². The van der Waals surface area contributed by atoms with E-state index in [-0.39, 0.29) is 12.1 Å². The topological polar surface area (TPSA) is 57.3 Å². The van der Waals surface area contributed by atoms with Crippen molar-refractivity contribution >= 4 is 17.4 Å². The van der Waals surface area contributed by atoms with Crippen LogP contribution in [-0.4, -0.2) is 35.0 Å². The summed E-state index contributed by atoms with van der Waals surface area (Å²) in [5.74, 6) is 0. The second kappa shape index (κ2) is 7.77. The molecule has 1 aliphatic heterocycles. The predicted octanol–water partition coefficient (Wildman–Crippen LogP) is 3.09. The van der Waals surface area contributed by atoms with E-state index in [1.165, 1.54) is 5.56 Å². The molecular weight excluding hydrogens is 320 g/mol. The van der Waals surface area contributed by atoms with Crippen LogP contribution in [0.25, 0.3) is 0 Å². The van der Waals surface area contributed by atoms with Gasteiger partial charge in [0.1, 0.15) is 5.01 Å². The van der Waals surface area contributed by atoms with Crippen molar-refractivity contribution in [1.29, 1.82) is 0 Å². The van der Waals surface area contributed by atoms with Crippen molar-refractivity contribution in [2.75, 3.05) is 13.1 Å². The number of aryl methyl sites for hydroxylation is 1. The molecule has 128 valence electrons. The van der Waals surface area contributed by atoms with Crippen LogP contribution in [0.3, 0.4) is 0 Å². The normalized spacial score (nSPS) is 19.2. The predicted molar refractivity (Wildman–Crippen MR) is 97.1 cm³/mol. The van der Waals surface area contributed by atoms with Gasteiger partial charge < -0.3 is 10.6 Å². The van der Waals surface area contributed by atoms with Crippen LogP contribution in [0, 0.1) is 6.92 Å². The molecule has 0 radical (unpaired) electrons. The number of nitrogens with zero attached hydrogens (tertiary/aromatic N) is 2. The van der Waals surface area contributed by atoms with Crippen molar-refractivity contribution in [2.24, 2.45) is 0 Å². The van der Waals surface area contributed by atoms with Crippen LogP contribution in [-0.2, 0) is 6.54 Å². The van der Waals surface area contributed by atoms with E-state index < -0.39 is 0 Å². The van der Waals surface area contributed by atoms with Crippen LogP contribution in [0.15, 0.2) is 36.5 Å². The number of nitrogens with one attached hydrogen (secondary N) is 2. The molecule has 24 heavy (non-hydrogen) atoms. The lowest BCUT2D eigenvalue weighted by Crippen LogP contribution is -2.43. The summed E-state index contributed by atoms with van der Waals surface area (Å²) in [6, 6.07) is 11.0. The van der Waals surface area contributed by atoms with Crippen LogP contribution in [0.2, 0.25) is 0 Å². The lowest BCUT2D eigenvalue weighted by atomic mass is 10.1. The number of aromatic nitrogens is 1. The summed E-state index contributed by atoms with van der Waals surface area (Å²) in [5, 5.41) is 6.91. The maximum atomic E-state index is 12.1. The largest absolute Gasteiger partial charge is 0.334 e. The zero-order valence-electron chi connectivity index (χ0n) is 14.2. The Morgan fingerprint density at radius 2 is 2.21 bits per heavy atom. The third-order valence-electron chi connectivity index (χ3n) is 4.45. The molecular formula is C18H24N4OS. The number of benzene rings is 1. The molecule has 0 unspecified atom stereocenters. The first-order valence-electron chi connectivity index (χ1n) is 8.36. The number of carbonyl (C=O) groups excluding carboxylic acids is 1. The van der Waals surface area contributed by atoms with Crippen LogP contribution < -0.4 is 10.6 Å². The van der Waals surface area contributed by atoms with E-state index >= 15 is 0 Å². The van der Waals surface area contributed by atoms with Crippen molar-refractivity contribution in [2.45, 2.75) is 38.9 Å². The second-order valence-corrected chi connectivity index (χ2v) is 7.58. The summed E-state index contributed by atoms with van der Waals surface area (Å²) in [5.41, 5.74) is 1.32. The molecule has 0 bridgehead atoms. The summed E-state index contributed by atoms with van der Waals surface area (Å²) in [6.45, 7) is 6.62. The molecule has 0 spiro atoms. The van der Waals surface area contributed by atoms with E-state index in [0.29, 0.717) is 12.6 Å². The molecule has 2 aromatic rings. The number of hydrogen-bond acceptors (Lipinski definition) is 4. The van der Waals surface area contributed by atoms with Crippen molar-refractivity contribution in [3.05, 3.63) is 52.0 Å². The van der Waals surface area contributed by atoms with Gasteiger partial charge in [-0.3, -0.25) is 4.90 Å². The van der Waals surface area contributed by atoms with Gasteiger partial charge in [0.15, 0.2) is 0 Å². The summed E-state index contributed by atoms with van der Waals surface area (Å²) >= 11 is 1.61. The molecule has 0 saturated carbocycles. The molecule has 2 heterocycles. The number of likely N-dealkylation sites (tertiary alicyclic amines) is 1. The summed E-state index contributed by atoms with van der Waals surface area (Å²) < 4.78 is 0. The zero-order chi connectivity index (χ0) is 16.9. The number of hydrogen-bond donors (Lipinski definition) is 2. The minimum Gasteiger partial charge on any atom is -0.334 e. The highest BCUT2D eigenvalue weighted by atomic mass is 32.1. The average Bonchev–Trinajstić information content (AvgIpc) is 3.22. The standard InChI is InChI=1S/C18H24N4OS/c1-13-10-19-17(24-13)11-20-18(23)21-16-8-9-22(12-16)14(2)15-6-4-3-5-7-15/h3-7,10,14,16H,8-9,11-12H2,1-2H3,(H2,20,21,23)/t14-,16+/m0/s1. The molecule has 1 aromatic carbocycles. The molecule has 1 aromatic heterocycles. The highest BCUT2D eigenvalue weighted by Crippen LogP contribution is 2.24. The lowest BCUT2D eigenvalue weighted by Gasteiger charge is -2.24. The molecule has 1 aliphatic rings. The first-order chi connectivity index (χ1) is 11.6. The van der Waals surface area contributed by atoms with E-state index in [2.05, 4.69) is 51.7 Å². The third kappa shape index (κ3) is 4.33. The van der Waals surface area contributed by atoms with E-state index in [1.54, 1.807) is 11.3 Å². The van der Waals surface area contributed by atoms with Crippen molar-refractivity contribution in [3.8, 4) is 0 Å². The Balaban J connectivity index is 1.44. The number of rotatable bonds is 5. The number of amides is 2. The van der Waals surface area contributed by atoms with Crippen molar-refractivity contribution < 1.29 is 4.79 Å². The van der Waals surface area contributed by atoms with Crippen LogP contribution in [0.4, 0.5) is 4.79 Å². The first-order valence-corrected chi connectivity index (χ1v) is 9.18. The number of thiazole rings is 1. The van der Waals surface area contributed by atoms with Gasteiger partial charge in [-0.1, -0.05) is 30.3 Å². The Morgan fingerprint density at radius 3 is 2.92 bits per heavy atom. The first kappa shape index (κ1) is 16.9. The number of urea groups is 1.